The smallest absolute Gasteiger partial charge is 0.119 e. The molecule has 5 heteroatoms. The van der Waals surface area contributed by atoms with Crippen LogP contribution in [-0.2, 0) is 16.0 Å². The zero-order chi connectivity index (χ0) is 15.3. The zero-order valence-corrected chi connectivity index (χ0v) is 13.2. The minimum atomic E-state index is 0.536. The Morgan fingerprint density at radius 3 is 2.48 bits per heavy atom. The van der Waals surface area contributed by atoms with Crippen molar-refractivity contribution >= 4 is 0 Å². The molecule has 0 spiro atoms. The molecule has 0 saturated heterocycles. The Morgan fingerprint density at radius 1 is 1.00 bits per heavy atom. The number of hydrogen-bond donors (Lipinski definition) is 1. The van der Waals surface area contributed by atoms with Crippen molar-refractivity contribution in [2.24, 2.45) is 5.73 Å². The quantitative estimate of drug-likeness (QED) is 0.593. The highest BCUT2D eigenvalue weighted by Gasteiger charge is 2.05. The summed E-state index contributed by atoms with van der Waals surface area (Å²) in [5.41, 5.74) is 6.72. The molecule has 120 valence electrons. The Kier molecular flexibility index (Phi) is 9.82. The van der Waals surface area contributed by atoms with Gasteiger partial charge in [-0.2, -0.15) is 0 Å². The maximum atomic E-state index is 5.80. The number of methoxy groups -OCH3 is 2. The van der Waals surface area contributed by atoms with Gasteiger partial charge in [0.2, 0.25) is 0 Å². The van der Waals surface area contributed by atoms with Crippen molar-refractivity contribution in [3.05, 3.63) is 29.8 Å². The van der Waals surface area contributed by atoms with Crippen molar-refractivity contribution in [2.75, 3.05) is 53.7 Å². The second-order valence-corrected chi connectivity index (χ2v) is 4.88. The average molecular weight is 296 g/mol. The summed E-state index contributed by atoms with van der Waals surface area (Å²) < 4.78 is 16.0. The van der Waals surface area contributed by atoms with E-state index in [0.29, 0.717) is 13.2 Å². The van der Waals surface area contributed by atoms with Crippen LogP contribution >= 0.6 is 0 Å². The Balaban J connectivity index is 2.33. The number of rotatable bonds is 12. The standard InChI is InChI=1S/C16H28N2O3/c1-19-10-4-7-18(8-11-20-2)9-12-21-16-6-3-5-15(13-16)14-17/h3,5-6,13H,4,7-12,14,17H2,1-2H3. The lowest BCUT2D eigenvalue weighted by Crippen LogP contribution is -2.33. The maximum Gasteiger partial charge on any atom is 0.119 e. The van der Waals surface area contributed by atoms with E-state index < -0.39 is 0 Å². The topological polar surface area (TPSA) is 57.0 Å². The van der Waals surface area contributed by atoms with Gasteiger partial charge >= 0.3 is 0 Å². The van der Waals surface area contributed by atoms with Gasteiger partial charge in [0.05, 0.1) is 6.61 Å². The third kappa shape index (κ3) is 8.02. The highest BCUT2D eigenvalue weighted by atomic mass is 16.5. The van der Waals surface area contributed by atoms with Crippen molar-refractivity contribution < 1.29 is 14.2 Å². The van der Waals surface area contributed by atoms with E-state index in [1.165, 1.54) is 0 Å². The number of ether oxygens (including phenoxy) is 3. The lowest BCUT2D eigenvalue weighted by molar-refractivity contribution is 0.121. The van der Waals surface area contributed by atoms with Crippen LogP contribution in [0.5, 0.6) is 5.75 Å². The highest BCUT2D eigenvalue weighted by Crippen LogP contribution is 2.12. The summed E-state index contributed by atoms with van der Waals surface area (Å²) in [6, 6.07) is 7.93. The molecule has 0 aromatic heterocycles. The van der Waals surface area contributed by atoms with Crippen molar-refractivity contribution in [3.8, 4) is 5.75 Å². The predicted octanol–water partition coefficient (Wildman–Crippen LogP) is 1.51. The predicted molar refractivity (Wildman–Crippen MR) is 84.6 cm³/mol. The largest absolute Gasteiger partial charge is 0.492 e. The van der Waals surface area contributed by atoms with E-state index in [-0.39, 0.29) is 0 Å². The first-order chi connectivity index (χ1) is 10.3. The third-order valence-electron chi connectivity index (χ3n) is 3.24. The molecular formula is C16H28N2O3. The second kappa shape index (κ2) is 11.5. The van der Waals surface area contributed by atoms with Gasteiger partial charge in [0, 0.05) is 47.0 Å². The van der Waals surface area contributed by atoms with Crippen LogP contribution in [0.15, 0.2) is 24.3 Å². The molecule has 21 heavy (non-hydrogen) atoms. The van der Waals surface area contributed by atoms with Crippen LogP contribution in [0.2, 0.25) is 0 Å². The molecule has 0 heterocycles. The molecule has 1 aromatic rings. The summed E-state index contributed by atoms with van der Waals surface area (Å²) in [6.45, 7) is 5.48. The van der Waals surface area contributed by atoms with Crippen LogP contribution in [0.4, 0.5) is 0 Å². The van der Waals surface area contributed by atoms with Crippen LogP contribution < -0.4 is 10.5 Å². The van der Waals surface area contributed by atoms with Gasteiger partial charge in [-0.15, -0.1) is 0 Å². The van der Waals surface area contributed by atoms with E-state index in [1.807, 2.05) is 24.3 Å². The van der Waals surface area contributed by atoms with Gasteiger partial charge in [-0.1, -0.05) is 12.1 Å². The first-order valence-corrected chi connectivity index (χ1v) is 7.42. The van der Waals surface area contributed by atoms with Crippen LogP contribution in [0.3, 0.4) is 0 Å². The van der Waals surface area contributed by atoms with Gasteiger partial charge in [0.25, 0.3) is 0 Å². The van der Waals surface area contributed by atoms with Crippen LogP contribution in [0.25, 0.3) is 0 Å². The molecule has 0 atom stereocenters. The summed E-state index contributed by atoms with van der Waals surface area (Å²) in [4.78, 5) is 2.33. The summed E-state index contributed by atoms with van der Waals surface area (Å²) in [5, 5.41) is 0. The molecular weight excluding hydrogens is 268 g/mol. The van der Waals surface area contributed by atoms with Gasteiger partial charge in [0.1, 0.15) is 12.4 Å². The third-order valence-corrected chi connectivity index (χ3v) is 3.24. The highest BCUT2D eigenvalue weighted by molar-refractivity contribution is 5.28. The van der Waals surface area contributed by atoms with E-state index in [9.17, 15) is 0 Å². The number of benzene rings is 1. The molecule has 0 radical (unpaired) electrons. The van der Waals surface area contributed by atoms with Crippen LogP contribution in [-0.4, -0.2) is 58.6 Å². The molecule has 0 amide bonds. The van der Waals surface area contributed by atoms with Gasteiger partial charge in [0.15, 0.2) is 0 Å². The fourth-order valence-electron chi connectivity index (χ4n) is 2.04. The number of nitrogens with zero attached hydrogens (tertiary/aromatic N) is 1. The Labute approximate surface area is 128 Å². The molecule has 0 aliphatic heterocycles. The van der Waals surface area contributed by atoms with Crippen LogP contribution in [0.1, 0.15) is 12.0 Å². The van der Waals surface area contributed by atoms with Gasteiger partial charge in [-0.3, -0.25) is 4.90 Å². The molecule has 0 unspecified atom stereocenters. The summed E-state index contributed by atoms with van der Waals surface area (Å²) >= 11 is 0. The molecule has 0 aliphatic carbocycles. The molecule has 0 bridgehead atoms. The SMILES string of the molecule is COCCCN(CCOC)CCOc1cccc(CN)c1. The first kappa shape index (κ1) is 17.9. The lowest BCUT2D eigenvalue weighted by atomic mass is 10.2. The van der Waals surface area contributed by atoms with E-state index in [1.54, 1.807) is 14.2 Å². The fraction of sp³-hybridized carbons (Fsp3) is 0.625. The molecule has 1 rings (SSSR count). The first-order valence-electron chi connectivity index (χ1n) is 7.42. The van der Waals surface area contributed by atoms with Crippen molar-refractivity contribution in [2.45, 2.75) is 13.0 Å². The Bertz CT molecular complexity index is 374. The number of nitrogens with two attached hydrogens (primary N) is 1. The molecule has 2 N–H and O–H groups in total. The van der Waals surface area contributed by atoms with Crippen molar-refractivity contribution in [3.63, 3.8) is 0 Å². The summed E-state index contributed by atoms with van der Waals surface area (Å²) in [6.07, 6.45) is 1.02. The van der Waals surface area contributed by atoms with Gasteiger partial charge in [-0.25, -0.2) is 0 Å². The van der Waals surface area contributed by atoms with Crippen molar-refractivity contribution in [1.29, 1.82) is 0 Å². The monoisotopic (exact) mass is 296 g/mol. The fourth-order valence-corrected chi connectivity index (χ4v) is 2.04. The van der Waals surface area contributed by atoms with E-state index >= 15 is 0 Å². The Morgan fingerprint density at radius 2 is 1.76 bits per heavy atom. The molecule has 5 nitrogen and oxygen atoms in total. The summed E-state index contributed by atoms with van der Waals surface area (Å²) in [5.74, 6) is 0.876. The lowest BCUT2D eigenvalue weighted by Gasteiger charge is -2.22. The maximum absolute atomic E-state index is 5.80. The molecule has 0 fully saturated rings. The number of hydrogen-bond acceptors (Lipinski definition) is 5. The van der Waals surface area contributed by atoms with Gasteiger partial charge in [-0.05, 0) is 24.1 Å². The second-order valence-electron chi connectivity index (χ2n) is 4.88. The minimum absolute atomic E-state index is 0.536. The zero-order valence-electron chi connectivity index (χ0n) is 13.2. The van der Waals surface area contributed by atoms with Crippen LogP contribution in [0, 0.1) is 0 Å². The van der Waals surface area contributed by atoms with Gasteiger partial charge < -0.3 is 19.9 Å². The molecule has 0 saturated carbocycles. The van der Waals surface area contributed by atoms with E-state index in [4.69, 9.17) is 19.9 Å². The Hall–Kier alpha value is -1.14. The van der Waals surface area contributed by atoms with E-state index in [2.05, 4.69) is 4.90 Å². The van der Waals surface area contributed by atoms with E-state index in [0.717, 1.165) is 50.6 Å². The minimum Gasteiger partial charge on any atom is -0.492 e. The molecule has 0 aliphatic rings. The normalized spacial score (nSPS) is 11.0. The summed E-state index contributed by atoms with van der Waals surface area (Å²) in [7, 11) is 3.45. The molecule has 1 aromatic carbocycles. The average Bonchev–Trinajstić information content (AvgIpc) is 2.52. The van der Waals surface area contributed by atoms with Crippen molar-refractivity contribution in [1.82, 2.24) is 4.90 Å².